The lowest BCUT2D eigenvalue weighted by atomic mass is 9.84. The average molecular weight is 427 g/mol. The molecule has 31 heavy (non-hydrogen) atoms. The minimum Gasteiger partial charge on any atom is -0.494 e. The van der Waals surface area contributed by atoms with E-state index < -0.39 is 23.6 Å². The number of benzene rings is 2. The maximum absolute atomic E-state index is 13.4. The molecule has 0 radical (unpaired) electrons. The highest BCUT2D eigenvalue weighted by Crippen LogP contribution is 2.43. The van der Waals surface area contributed by atoms with E-state index in [-0.39, 0.29) is 13.2 Å². The highest BCUT2D eigenvalue weighted by molar-refractivity contribution is 6.09. The van der Waals surface area contributed by atoms with Crippen molar-refractivity contribution in [2.24, 2.45) is 0 Å². The van der Waals surface area contributed by atoms with Crippen LogP contribution in [0.4, 0.5) is 15.3 Å². The Balaban J connectivity index is 2.18. The second-order valence-corrected chi connectivity index (χ2v) is 6.56. The molecule has 0 fully saturated rings. The molecule has 2 aromatic carbocycles. The third kappa shape index (κ3) is 4.17. The van der Waals surface area contributed by atoms with E-state index in [1.54, 1.807) is 62.4 Å². The van der Waals surface area contributed by atoms with Gasteiger partial charge in [0.25, 0.3) is 5.91 Å². The Bertz CT molecular complexity index is 947. The van der Waals surface area contributed by atoms with Gasteiger partial charge in [0.15, 0.2) is 5.54 Å². The van der Waals surface area contributed by atoms with Gasteiger partial charge in [0.05, 0.1) is 19.8 Å². The van der Waals surface area contributed by atoms with Gasteiger partial charge in [-0.2, -0.15) is 5.43 Å². The molecule has 2 aromatic rings. The van der Waals surface area contributed by atoms with Crippen LogP contribution in [0.3, 0.4) is 0 Å². The number of imide groups is 1. The van der Waals surface area contributed by atoms with Crippen LogP contribution >= 0.6 is 0 Å². The van der Waals surface area contributed by atoms with Gasteiger partial charge in [-0.15, -0.1) is 5.01 Å². The number of rotatable bonds is 7. The number of nitrogens with zero attached hydrogens (tertiary/aromatic N) is 1. The van der Waals surface area contributed by atoms with E-state index in [0.29, 0.717) is 34.2 Å². The topological polar surface area (TPSA) is 106 Å². The smallest absolute Gasteiger partial charge is 0.434 e. The maximum atomic E-state index is 13.4. The fourth-order valence-corrected chi connectivity index (χ4v) is 3.40. The van der Waals surface area contributed by atoms with E-state index in [4.69, 9.17) is 14.2 Å². The van der Waals surface area contributed by atoms with Gasteiger partial charge >= 0.3 is 12.2 Å². The summed E-state index contributed by atoms with van der Waals surface area (Å²) in [4.78, 5) is 38.6. The van der Waals surface area contributed by atoms with Crippen molar-refractivity contribution in [1.29, 1.82) is 0 Å². The minimum absolute atomic E-state index is 0.0338. The number of fused-ring (bicyclic) bond motifs is 1. The molecule has 3 amide bonds. The van der Waals surface area contributed by atoms with Crippen LogP contribution < -0.4 is 15.5 Å². The van der Waals surface area contributed by atoms with Crippen molar-refractivity contribution in [3.05, 3.63) is 59.7 Å². The summed E-state index contributed by atoms with van der Waals surface area (Å²) in [6, 6.07) is 13.9. The van der Waals surface area contributed by atoms with Crippen LogP contribution in [0.2, 0.25) is 0 Å². The predicted octanol–water partition coefficient (Wildman–Crippen LogP) is 3.40. The number of carbonyl (C=O) groups is 3. The molecule has 1 aliphatic heterocycles. The molecule has 0 spiro atoms. The first-order valence-corrected chi connectivity index (χ1v) is 10.0. The number of hydrogen-bond acceptors (Lipinski definition) is 7. The number of ether oxygens (including phenoxy) is 3. The van der Waals surface area contributed by atoms with Crippen molar-refractivity contribution >= 4 is 23.8 Å². The molecule has 9 nitrogen and oxygen atoms in total. The SMILES string of the molecule is CCOC(=O)N(NC1(c2ccccc2)C(=O)Nc2ccc(OCC)cc21)C(=O)OCC. The first kappa shape index (κ1) is 22.1. The summed E-state index contributed by atoms with van der Waals surface area (Å²) in [5.74, 6) is 0.0691. The molecular formula is C22H25N3O6. The zero-order chi connectivity index (χ0) is 22.4. The molecule has 1 atom stereocenters. The number of amides is 3. The summed E-state index contributed by atoms with van der Waals surface area (Å²) in [5.41, 5.74) is 2.73. The van der Waals surface area contributed by atoms with Crippen molar-refractivity contribution < 1.29 is 28.6 Å². The Labute approximate surface area is 180 Å². The van der Waals surface area contributed by atoms with E-state index in [2.05, 4.69) is 10.7 Å². The Hall–Kier alpha value is -3.59. The Morgan fingerprint density at radius 1 is 0.968 bits per heavy atom. The summed E-state index contributed by atoms with van der Waals surface area (Å²) in [6.07, 6.45) is -1.98. The summed E-state index contributed by atoms with van der Waals surface area (Å²) >= 11 is 0. The molecule has 1 aliphatic rings. The molecule has 164 valence electrons. The van der Waals surface area contributed by atoms with Crippen molar-refractivity contribution in [2.75, 3.05) is 25.1 Å². The number of carbonyl (C=O) groups excluding carboxylic acids is 3. The van der Waals surface area contributed by atoms with Crippen LogP contribution in [0.1, 0.15) is 31.9 Å². The van der Waals surface area contributed by atoms with Crippen LogP contribution in [0.25, 0.3) is 0 Å². The van der Waals surface area contributed by atoms with Gasteiger partial charge in [-0.25, -0.2) is 9.59 Å². The molecule has 3 rings (SSSR count). The summed E-state index contributed by atoms with van der Waals surface area (Å²) < 4.78 is 15.6. The van der Waals surface area contributed by atoms with Crippen LogP contribution in [0, 0.1) is 0 Å². The van der Waals surface area contributed by atoms with Gasteiger partial charge in [-0.1, -0.05) is 30.3 Å². The quantitative estimate of drug-likeness (QED) is 0.652. The number of anilines is 1. The molecule has 9 heteroatoms. The van der Waals surface area contributed by atoms with Crippen LogP contribution in [-0.4, -0.2) is 42.9 Å². The standard InChI is InChI=1S/C22H25N3O6/c1-4-29-16-12-13-18-17(14-16)22(19(26)23-18,15-10-8-7-9-11-15)24-25(20(27)30-5-2)21(28)31-6-3/h7-14,24H,4-6H2,1-3H3,(H,23,26). The highest BCUT2D eigenvalue weighted by Gasteiger charge is 2.51. The van der Waals surface area contributed by atoms with E-state index in [9.17, 15) is 14.4 Å². The van der Waals surface area contributed by atoms with Gasteiger partial charge < -0.3 is 19.5 Å². The number of hydrazine groups is 1. The van der Waals surface area contributed by atoms with E-state index in [1.165, 1.54) is 0 Å². The first-order chi connectivity index (χ1) is 15.0. The molecule has 0 bridgehead atoms. The van der Waals surface area contributed by atoms with Crippen molar-refractivity contribution in [2.45, 2.75) is 26.3 Å². The van der Waals surface area contributed by atoms with Crippen LogP contribution in [-0.2, 0) is 19.8 Å². The first-order valence-electron chi connectivity index (χ1n) is 10.0. The second kappa shape index (κ2) is 9.48. The van der Waals surface area contributed by atoms with Crippen LogP contribution in [0.5, 0.6) is 5.75 Å². The zero-order valence-corrected chi connectivity index (χ0v) is 17.6. The Morgan fingerprint density at radius 2 is 1.61 bits per heavy atom. The monoisotopic (exact) mass is 427 g/mol. The van der Waals surface area contributed by atoms with Gasteiger partial charge in [0, 0.05) is 11.3 Å². The largest absolute Gasteiger partial charge is 0.494 e. The fourth-order valence-electron chi connectivity index (χ4n) is 3.40. The number of nitrogens with one attached hydrogen (secondary N) is 2. The summed E-state index contributed by atoms with van der Waals surface area (Å²) in [5, 5.41) is 3.40. The molecule has 0 aliphatic carbocycles. The molecule has 0 saturated carbocycles. The van der Waals surface area contributed by atoms with Crippen LogP contribution in [0.15, 0.2) is 48.5 Å². The van der Waals surface area contributed by atoms with Gasteiger partial charge in [0.1, 0.15) is 5.75 Å². The third-order valence-electron chi connectivity index (χ3n) is 4.68. The molecule has 1 unspecified atom stereocenters. The zero-order valence-electron chi connectivity index (χ0n) is 17.6. The third-order valence-corrected chi connectivity index (χ3v) is 4.68. The van der Waals surface area contributed by atoms with Crippen molar-refractivity contribution in [1.82, 2.24) is 10.4 Å². The summed E-state index contributed by atoms with van der Waals surface area (Å²) in [7, 11) is 0. The molecule has 0 saturated heterocycles. The minimum atomic E-state index is -1.61. The molecule has 2 N–H and O–H groups in total. The highest BCUT2D eigenvalue weighted by atomic mass is 16.6. The molecule has 0 aromatic heterocycles. The molecule has 1 heterocycles. The Kier molecular flexibility index (Phi) is 6.76. The van der Waals surface area contributed by atoms with Gasteiger partial charge in [-0.3, -0.25) is 4.79 Å². The van der Waals surface area contributed by atoms with Crippen molar-refractivity contribution in [3.63, 3.8) is 0 Å². The number of hydrogen-bond donors (Lipinski definition) is 2. The Morgan fingerprint density at radius 3 is 2.19 bits per heavy atom. The maximum Gasteiger partial charge on any atom is 0.434 e. The summed E-state index contributed by atoms with van der Waals surface area (Å²) in [6.45, 7) is 5.57. The van der Waals surface area contributed by atoms with E-state index >= 15 is 0 Å². The lowest BCUT2D eigenvalue weighted by Crippen LogP contribution is -2.60. The van der Waals surface area contributed by atoms with E-state index in [0.717, 1.165) is 0 Å². The van der Waals surface area contributed by atoms with Crippen molar-refractivity contribution in [3.8, 4) is 5.75 Å². The lowest BCUT2D eigenvalue weighted by molar-refractivity contribution is -0.121. The normalized spacial score (nSPS) is 16.8. The van der Waals surface area contributed by atoms with Gasteiger partial charge in [0.2, 0.25) is 0 Å². The second-order valence-electron chi connectivity index (χ2n) is 6.56. The van der Waals surface area contributed by atoms with E-state index in [1.807, 2.05) is 6.92 Å². The van der Waals surface area contributed by atoms with Gasteiger partial charge in [-0.05, 0) is 44.5 Å². The molecular weight excluding hydrogens is 402 g/mol. The predicted molar refractivity (Wildman–Crippen MR) is 112 cm³/mol. The lowest BCUT2D eigenvalue weighted by Gasteiger charge is -2.33. The fraction of sp³-hybridized carbons (Fsp3) is 0.318. The average Bonchev–Trinajstić information content (AvgIpc) is 3.04.